The number of aryl methyl sites for hydroxylation is 1. The van der Waals surface area contributed by atoms with E-state index < -0.39 is 0 Å². The number of rotatable bonds is 5. The molecule has 2 aromatic carbocycles. The number of aromatic amines is 1. The molecule has 3 aromatic rings. The number of H-pyrrole nitrogens is 1. The van der Waals surface area contributed by atoms with Crippen molar-refractivity contribution in [3.8, 4) is 17.1 Å². The molecule has 1 saturated heterocycles. The maximum Gasteiger partial charge on any atom is 0.254 e. The zero-order valence-electron chi connectivity index (χ0n) is 14.6. The molecule has 1 N–H and O–H groups in total. The summed E-state index contributed by atoms with van der Waals surface area (Å²) in [5.41, 5.74) is 2.63. The van der Waals surface area contributed by atoms with Gasteiger partial charge in [-0.2, -0.15) is 5.10 Å². The summed E-state index contributed by atoms with van der Waals surface area (Å²) < 4.78 is 5.99. The normalized spacial score (nSPS) is 14.1. The van der Waals surface area contributed by atoms with E-state index in [2.05, 4.69) is 34.2 Å². The zero-order chi connectivity index (χ0) is 17.9. The van der Waals surface area contributed by atoms with Crippen LogP contribution in [0, 0.1) is 0 Å². The third kappa shape index (κ3) is 3.18. The lowest BCUT2D eigenvalue weighted by Crippen LogP contribution is -2.56. The molecule has 6 nitrogen and oxygen atoms in total. The Morgan fingerprint density at radius 2 is 2.08 bits per heavy atom. The fourth-order valence-corrected chi connectivity index (χ4v) is 3.09. The first-order chi connectivity index (χ1) is 12.7. The molecule has 4 rings (SSSR count). The van der Waals surface area contributed by atoms with Crippen molar-refractivity contribution in [1.29, 1.82) is 0 Å². The quantitative estimate of drug-likeness (QED) is 0.769. The number of hydrogen-bond donors (Lipinski definition) is 1. The molecule has 1 aliphatic heterocycles. The summed E-state index contributed by atoms with van der Waals surface area (Å²) in [6, 6.07) is 15.5. The van der Waals surface area contributed by atoms with Crippen LogP contribution in [0.15, 0.2) is 54.9 Å². The number of amides is 1. The molecule has 132 valence electrons. The summed E-state index contributed by atoms with van der Waals surface area (Å²) in [6.45, 7) is 3.29. The lowest BCUT2D eigenvalue weighted by Gasteiger charge is -2.39. The van der Waals surface area contributed by atoms with Gasteiger partial charge in [-0.15, -0.1) is 0 Å². The molecule has 6 heteroatoms. The third-order valence-electron chi connectivity index (χ3n) is 4.57. The van der Waals surface area contributed by atoms with Crippen molar-refractivity contribution in [2.45, 2.75) is 19.4 Å². The summed E-state index contributed by atoms with van der Waals surface area (Å²) in [7, 11) is 0. The maximum absolute atomic E-state index is 12.8. The summed E-state index contributed by atoms with van der Waals surface area (Å²) in [6.07, 6.45) is 2.45. The zero-order valence-corrected chi connectivity index (χ0v) is 14.6. The van der Waals surface area contributed by atoms with Gasteiger partial charge in [0.2, 0.25) is 0 Å². The van der Waals surface area contributed by atoms with Crippen LogP contribution in [0.1, 0.15) is 22.8 Å². The number of aromatic nitrogens is 3. The van der Waals surface area contributed by atoms with Gasteiger partial charge in [0, 0.05) is 5.56 Å². The second kappa shape index (κ2) is 7.00. The van der Waals surface area contributed by atoms with Crippen LogP contribution < -0.4 is 4.74 Å². The Labute approximate surface area is 151 Å². The molecule has 0 unspecified atom stereocenters. The Bertz CT molecular complexity index is 902. The molecule has 26 heavy (non-hydrogen) atoms. The Balaban J connectivity index is 1.42. The highest BCUT2D eigenvalue weighted by atomic mass is 16.5. The molecular formula is C20H20N4O2. The average molecular weight is 348 g/mol. The second-order valence-electron chi connectivity index (χ2n) is 6.33. The van der Waals surface area contributed by atoms with Crippen molar-refractivity contribution >= 4 is 5.91 Å². The molecule has 1 amide bonds. The molecule has 0 atom stereocenters. The number of hydrogen-bond acceptors (Lipinski definition) is 4. The Morgan fingerprint density at radius 3 is 2.85 bits per heavy atom. The maximum atomic E-state index is 12.8. The molecule has 1 fully saturated rings. The predicted octanol–water partition coefficient (Wildman–Crippen LogP) is 2.94. The van der Waals surface area contributed by atoms with Gasteiger partial charge in [-0.3, -0.25) is 9.89 Å². The number of nitrogens with one attached hydrogen (secondary N) is 1. The fraction of sp³-hybridized carbons (Fsp3) is 0.250. The van der Waals surface area contributed by atoms with Crippen LogP contribution in [0.5, 0.6) is 5.75 Å². The van der Waals surface area contributed by atoms with Gasteiger partial charge in [-0.05, 0) is 30.2 Å². The molecule has 0 bridgehead atoms. The Morgan fingerprint density at radius 1 is 1.23 bits per heavy atom. The standard InChI is InChI=1S/C20H20N4O2/c1-2-14-6-5-7-15(10-14)26-16-11-24(12-16)20(25)18-9-4-3-8-17(18)19-21-13-22-23-19/h3-10,13,16H,2,11-12H2,1H3,(H,21,22,23). The van der Waals surface area contributed by atoms with Crippen LogP contribution in [0.4, 0.5) is 0 Å². The van der Waals surface area contributed by atoms with Crippen LogP contribution in [0.25, 0.3) is 11.4 Å². The van der Waals surface area contributed by atoms with E-state index in [0.717, 1.165) is 17.7 Å². The topological polar surface area (TPSA) is 71.1 Å². The lowest BCUT2D eigenvalue weighted by molar-refractivity contribution is 0.0178. The van der Waals surface area contributed by atoms with Gasteiger partial charge in [0.25, 0.3) is 5.91 Å². The van der Waals surface area contributed by atoms with Crippen LogP contribution in [-0.2, 0) is 6.42 Å². The minimum Gasteiger partial charge on any atom is -0.487 e. The molecule has 0 radical (unpaired) electrons. The lowest BCUT2D eigenvalue weighted by atomic mass is 10.0. The summed E-state index contributed by atoms with van der Waals surface area (Å²) in [4.78, 5) is 18.8. The monoisotopic (exact) mass is 348 g/mol. The van der Waals surface area contributed by atoms with Crippen LogP contribution in [0.3, 0.4) is 0 Å². The SMILES string of the molecule is CCc1cccc(OC2CN(C(=O)c3ccccc3-c3ncn[nH]3)C2)c1. The smallest absolute Gasteiger partial charge is 0.254 e. The Hall–Kier alpha value is -3.15. The van der Waals surface area contributed by atoms with Gasteiger partial charge in [-0.25, -0.2) is 4.98 Å². The molecule has 1 aliphatic rings. The molecule has 0 aliphatic carbocycles. The predicted molar refractivity (Wildman–Crippen MR) is 98.0 cm³/mol. The summed E-state index contributed by atoms with van der Waals surface area (Å²) in [5, 5.41) is 6.69. The van der Waals surface area contributed by atoms with Crippen molar-refractivity contribution in [1.82, 2.24) is 20.1 Å². The number of carbonyl (C=O) groups is 1. The highest BCUT2D eigenvalue weighted by molar-refractivity contribution is 6.00. The number of likely N-dealkylation sites (tertiary alicyclic amines) is 1. The summed E-state index contributed by atoms with van der Waals surface area (Å²) >= 11 is 0. The Kier molecular flexibility index (Phi) is 4.39. The van der Waals surface area contributed by atoms with Crippen molar-refractivity contribution in [3.63, 3.8) is 0 Å². The first-order valence-electron chi connectivity index (χ1n) is 8.74. The second-order valence-corrected chi connectivity index (χ2v) is 6.33. The number of ether oxygens (including phenoxy) is 1. The first-order valence-corrected chi connectivity index (χ1v) is 8.74. The third-order valence-corrected chi connectivity index (χ3v) is 4.57. The van der Waals surface area contributed by atoms with Gasteiger partial charge < -0.3 is 9.64 Å². The first kappa shape index (κ1) is 16.3. The number of benzene rings is 2. The van der Waals surface area contributed by atoms with Gasteiger partial charge in [0.1, 0.15) is 18.2 Å². The van der Waals surface area contributed by atoms with E-state index in [-0.39, 0.29) is 12.0 Å². The van der Waals surface area contributed by atoms with Crippen LogP contribution in [-0.4, -0.2) is 45.2 Å². The van der Waals surface area contributed by atoms with E-state index in [1.807, 2.05) is 36.4 Å². The molecule has 0 saturated carbocycles. The molecule has 1 aromatic heterocycles. The molecule has 2 heterocycles. The van der Waals surface area contributed by atoms with Crippen LogP contribution in [0.2, 0.25) is 0 Å². The van der Waals surface area contributed by atoms with E-state index >= 15 is 0 Å². The van der Waals surface area contributed by atoms with Gasteiger partial charge >= 0.3 is 0 Å². The van der Waals surface area contributed by atoms with Gasteiger partial charge in [0.15, 0.2) is 5.82 Å². The van der Waals surface area contributed by atoms with E-state index in [0.29, 0.717) is 24.5 Å². The molecule has 0 spiro atoms. The van der Waals surface area contributed by atoms with Crippen molar-refractivity contribution in [3.05, 3.63) is 66.0 Å². The highest BCUT2D eigenvalue weighted by Gasteiger charge is 2.34. The van der Waals surface area contributed by atoms with E-state index in [1.54, 1.807) is 4.90 Å². The van der Waals surface area contributed by atoms with Crippen LogP contribution >= 0.6 is 0 Å². The average Bonchev–Trinajstić information content (AvgIpc) is 3.18. The number of nitrogens with zero attached hydrogens (tertiary/aromatic N) is 3. The molecular weight excluding hydrogens is 328 g/mol. The largest absolute Gasteiger partial charge is 0.487 e. The van der Waals surface area contributed by atoms with E-state index in [4.69, 9.17) is 4.74 Å². The van der Waals surface area contributed by atoms with E-state index in [9.17, 15) is 4.79 Å². The van der Waals surface area contributed by atoms with Gasteiger partial charge in [-0.1, -0.05) is 37.3 Å². The summed E-state index contributed by atoms with van der Waals surface area (Å²) in [5.74, 6) is 1.45. The van der Waals surface area contributed by atoms with Gasteiger partial charge in [0.05, 0.1) is 18.7 Å². The van der Waals surface area contributed by atoms with Crippen molar-refractivity contribution in [2.24, 2.45) is 0 Å². The number of carbonyl (C=O) groups excluding carboxylic acids is 1. The minimum atomic E-state index is -0.0147. The van der Waals surface area contributed by atoms with E-state index in [1.165, 1.54) is 11.9 Å². The van der Waals surface area contributed by atoms with Crippen molar-refractivity contribution in [2.75, 3.05) is 13.1 Å². The minimum absolute atomic E-state index is 0.0147. The fourth-order valence-electron chi connectivity index (χ4n) is 3.09. The highest BCUT2D eigenvalue weighted by Crippen LogP contribution is 2.25. The van der Waals surface area contributed by atoms with Crippen molar-refractivity contribution < 1.29 is 9.53 Å².